The summed E-state index contributed by atoms with van der Waals surface area (Å²) in [5.74, 6) is 0. The van der Waals surface area contributed by atoms with Crippen LogP contribution in [0, 0.1) is 11.3 Å². The molecule has 0 amide bonds. The van der Waals surface area contributed by atoms with Gasteiger partial charge in [0.2, 0.25) is 0 Å². The minimum atomic E-state index is -0.246. The van der Waals surface area contributed by atoms with Gasteiger partial charge in [-0.05, 0) is 12.8 Å². The molecule has 0 atom stereocenters. The fraction of sp³-hybridized carbons (Fsp3) is 0.900. The van der Waals surface area contributed by atoms with Gasteiger partial charge in [0.05, 0.1) is 19.3 Å². The quantitative estimate of drug-likeness (QED) is 0.662. The molecule has 13 heavy (non-hydrogen) atoms. The lowest BCUT2D eigenvalue weighted by molar-refractivity contribution is -0.00591. The van der Waals surface area contributed by atoms with Crippen LogP contribution in [0.5, 0.6) is 0 Å². The van der Waals surface area contributed by atoms with Crippen molar-refractivity contribution in [3.8, 4) is 6.07 Å². The first kappa shape index (κ1) is 10.5. The average molecular weight is 182 g/mol. The number of nitriles is 1. The standard InChI is InChI=1S/C10H18N2O/c1-3-10(4-2,9-11)12-5-7-13-8-6-12/h3-8H2,1-2H3. The molecule has 0 unspecified atom stereocenters. The molecule has 1 fully saturated rings. The minimum absolute atomic E-state index is 0.246. The summed E-state index contributed by atoms with van der Waals surface area (Å²) < 4.78 is 5.28. The molecular formula is C10H18N2O. The van der Waals surface area contributed by atoms with Crippen molar-refractivity contribution in [3.63, 3.8) is 0 Å². The average Bonchev–Trinajstić information content (AvgIpc) is 2.23. The van der Waals surface area contributed by atoms with Gasteiger partial charge in [0.25, 0.3) is 0 Å². The lowest BCUT2D eigenvalue weighted by Gasteiger charge is -2.39. The third-order valence-electron chi connectivity index (χ3n) is 2.99. The summed E-state index contributed by atoms with van der Waals surface area (Å²) >= 11 is 0. The maximum Gasteiger partial charge on any atom is 0.108 e. The van der Waals surface area contributed by atoms with E-state index < -0.39 is 0 Å². The lowest BCUT2D eigenvalue weighted by atomic mass is 9.92. The SMILES string of the molecule is CCC(C#N)(CC)N1CCOCC1. The molecule has 74 valence electrons. The Balaban J connectivity index is 2.68. The Kier molecular flexibility index (Phi) is 3.71. The van der Waals surface area contributed by atoms with Gasteiger partial charge < -0.3 is 4.74 Å². The molecule has 3 nitrogen and oxygen atoms in total. The van der Waals surface area contributed by atoms with Gasteiger partial charge in [-0.2, -0.15) is 5.26 Å². The van der Waals surface area contributed by atoms with Gasteiger partial charge in [0, 0.05) is 13.1 Å². The maximum atomic E-state index is 9.20. The highest BCUT2D eigenvalue weighted by Crippen LogP contribution is 2.23. The zero-order valence-electron chi connectivity index (χ0n) is 8.55. The lowest BCUT2D eigenvalue weighted by Crippen LogP contribution is -2.52. The van der Waals surface area contributed by atoms with E-state index in [-0.39, 0.29) is 5.54 Å². The van der Waals surface area contributed by atoms with Gasteiger partial charge in [0.1, 0.15) is 5.54 Å². The molecule has 0 bridgehead atoms. The van der Waals surface area contributed by atoms with Crippen LogP contribution < -0.4 is 0 Å². The predicted molar refractivity (Wildman–Crippen MR) is 51.3 cm³/mol. The fourth-order valence-corrected chi connectivity index (χ4v) is 1.92. The van der Waals surface area contributed by atoms with Crippen molar-refractivity contribution in [2.24, 2.45) is 0 Å². The van der Waals surface area contributed by atoms with E-state index in [4.69, 9.17) is 4.74 Å². The van der Waals surface area contributed by atoms with Gasteiger partial charge in [-0.25, -0.2) is 0 Å². The van der Waals surface area contributed by atoms with E-state index in [2.05, 4.69) is 24.8 Å². The highest BCUT2D eigenvalue weighted by Gasteiger charge is 2.34. The molecule has 1 aliphatic heterocycles. The van der Waals surface area contributed by atoms with Gasteiger partial charge >= 0.3 is 0 Å². The maximum absolute atomic E-state index is 9.20. The fourth-order valence-electron chi connectivity index (χ4n) is 1.92. The zero-order valence-corrected chi connectivity index (χ0v) is 8.55. The van der Waals surface area contributed by atoms with Crippen LogP contribution >= 0.6 is 0 Å². The number of rotatable bonds is 3. The summed E-state index contributed by atoms with van der Waals surface area (Å²) in [6.45, 7) is 7.50. The summed E-state index contributed by atoms with van der Waals surface area (Å²) in [7, 11) is 0. The van der Waals surface area contributed by atoms with E-state index in [0.717, 1.165) is 39.1 Å². The number of morpholine rings is 1. The molecule has 0 saturated carbocycles. The normalized spacial score (nSPS) is 19.8. The Hall–Kier alpha value is -0.590. The second kappa shape index (κ2) is 4.59. The molecule has 0 aromatic heterocycles. The number of hydrogen-bond acceptors (Lipinski definition) is 3. The Morgan fingerprint density at radius 2 is 1.85 bits per heavy atom. The minimum Gasteiger partial charge on any atom is -0.379 e. The third-order valence-corrected chi connectivity index (χ3v) is 2.99. The number of nitrogens with zero attached hydrogens (tertiary/aromatic N) is 2. The summed E-state index contributed by atoms with van der Waals surface area (Å²) in [4.78, 5) is 2.26. The molecular weight excluding hydrogens is 164 g/mol. The predicted octanol–water partition coefficient (Wildman–Crippen LogP) is 1.40. The second-order valence-electron chi connectivity index (χ2n) is 3.45. The van der Waals surface area contributed by atoms with Crippen LogP contribution in [0.3, 0.4) is 0 Å². The molecule has 1 heterocycles. The Morgan fingerprint density at radius 3 is 2.23 bits per heavy atom. The zero-order chi connectivity index (χ0) is 9.73. The number of hydrogen-bond donors (Lipinski definition) is 0. The van der Waals surface area contributed by atoms with E-state index in [1.165, 1.54) is 0 Å². The van der Waals surface area contributed by atoms with Crippen LogP contribution in [0.4, 0.5) is 0 Å². The third kappa shape index (κ3) is 2.01. The molecule has 1 aliphatic rings. The van der Waals surface area contributed by atoms with Crippen molar-refractivity contribution in [2.45, 2.75) is 32.2 Å². The van der Waals surface area contributed by atoms with Gasteiger partial charge in [-0.1, -0.05) is 13.8 Å². The second-order valence-corrected chi connectivity index (χ2v) is 3.45. The molecule has 1 rings (SSSR count). The smallest absolute Gasteiger partial charge is 0.108 e. The molecule has 0 aromatic carbocycles. The van der Waals surface area contributed by atoms with Crippen molar-refractivity contribution in [3.05, 3.63) is 0 Å². The van der Waals surface area contributed by atoms with E-state index >= 15 is 0 Å². The van der Waals surface area contributed by atoms with Gasteiger partial charge in [-0.15, -0.1) is 0 Å². The highest BCUT2D eigenvalue weighted by molar-refractivity contribution is 5.07. The number of ether oxygens (including phenoxy) is 1. The van der Waals surface area contributed by atoms with Crippen molar-refractivity contribution >= 4 is 0 Å². The first-order valence-corrected chi connectivity index (χ1v) is 5.03. The van der Waals surface area contributed by atoms with Crippen LogP contribution in [-0.4, -0.2) is 36.7 Å². The van der Waals surface area contributed by atoms with Gasteiger partial charge in [-0.3, -0.25) is 4.90 Å². The van der Waals surface area contributed by atoms with Gasteiger partial charge in [0.15, 0.2) is 0 Å². The first-order valence-electron chi connectivity index (χ1n) is 5.03. The summed E-state index contributed by atoms with van der Waals surface area (Å²) in [5, 5.41) is 9.20. The molecule has 1 saturated heterocycles. The topological polar surface area (TPSA) is 36.3 Å². The molecule has 0 radical (unpaired) electrons. The Labute approximate surface area is 80.3 Å². The summed E-state index contributed by atoms with van der Waals surface area (Å²) in [5.41, 5.74) is -0.246. The molecule has 0 N–H and O–H groups in total. The van der Waals surface area contributed by atoms with E-state index in [1.807, 2.05) is 0 Å². The molecule has 0 aromatic rings. The molecule has 0 aliphatic carbocycles. The van der Waals surface area contributed by atoms with Crippen LogP contribution in [0.25, 0.3) is 0 Å². The largest absolute Gasteiger partial charge is 0.379 e. The van der Waals surface area contributed by atoms with Crippen LogP contribution in [0.2, 0.25) is 0 Å². The van der Waals surface area contributed by atoms with Crippen molar-refractivity contribution in [1.82, 2.24) is 4.90 Å². The summed E-state index contributed by atoms with van der Waals surface area (Å²) in [6, 6.07) is 2.46. The highest BCUT2D eigenvalue weighted by atomic mass is 16.5. The monoisotopic (exact) mass is 182 g/mol. The van der Waals surface area contributed by atoms with Crippen molar-refractivity contribution < 1.29 is 4.74 Å². The molecule has 0 spiro atoms. The van der Waals surface area contributed by atoms with Crippen LogP contribution in [0.1, 0.15) is 26.7 Å². The van der Waals surface area contributed by atoms with Crippen molar-refractivity contribution in [1.29, 1.82) is 5.26 Å². The summed E-state index contributed by atoms with van der Waals surface area (Å²) in [6.07, 6.45) is 1.81. The molecule has 3 heteroatoms. The van der Waals surface area contributed by atoms with Crippen molar-refractivity contribution in [2.75, 3.05) is 26.3 Å². The first-order chi connectivity index (χ1) is 6.29. The van der Waals surface area contributed by atoms with E-state index in [9.17, 15) is 5.26 Å². The Morgan fingerprint density at radius 1 is 1.31 bits per heavy atom. The van der Waals surface area contributed by atoms with E-state index in [0.29, 0.717) is 0 Å². The van der Waals surface area contributed by atoms with Crippen LogP contribution in [0.15, 0.2) is 0 Å². The van der Waals surface area contributed by atoms with Crippen LogP contribution in [-0.2, 0) is 4.74 Å². The Bertz CT molecular complexity index is 188. The van der Waals surface area contributed by atoms with E-state index in [1.54, 1.807) is 0 Å².